The lowest BCUT2D eigenvalue weighted by atomic mass is 10.4. The summed E-state index contributed by atoms with van der Waals surface area (Å²) in [6, 6.07) is 3.50. The van der Waals surface area contributed by atoms with E-state index in [1.54, 1.807) is 33.9 Å². The van der Waals surface area contributed by atoms with Gasteiger partial charge in [-0.15, -0.1) is 5.10 Å². The maximum Gasteiger partial charge on any atom is 0.307 e. The zero-order chi connectivity index (χ0) is 18.5. The summed E-state index contributed by atoms with van der Waals surface area (Å²) in [5.41, 5.74) is 1.27. The molecule has 0 N–H and O–H groups in total. The number of nitrogens with zero attached hydrogens (tertiary/aromatic N) is 9. The van der Waals surface area contributed by atoms with Crippen molar-refractivity contribution < 1.29 is 9.34 Å². The average molecular weight is 365 g/mol. The Morgan fingerprint density at radius 2 is 2.11 bits per heavy atom. The third-order valence-electron chi connectivity index (χ3n) is 4.10. The SMILES string of the molecule is Cn1ncc2c1ncn1nc(-c3ccc(Cn4cc([N+](=O)[O-])cn4)o3)nc21. The zero-order valence-corrected chi connectivity index (χ0v) is 13.9. The topological polar surface area (TPSA) is 135 Å². The third-order valence-corrected chi connectivity index (χ3v) is 4.10. The van der Waals surface area contributed by atoms with Crippen molar-refractivity contribution in [3.8, 4) is 11.6 Å². The van der Waals surface area contributed by atoms with E-state index < -0.39 is 4.92 Å². The summed E-state index contributed by atoms with van der Waals surface area (Å²) in [6.07, 6.45) is 5.80. The molecule has 0 saturated carbocycles. The fraction of sp³-hybridized carbons (Fsp3) is 0.133. The van der Waals surface area contributed by atoms with E-state index in [9.17, 15) is 10.1 Å². The number of nitro groups is 1. The summed E-state index contributed by atoms with van der Waals surface area (Å²) in [5.74, 6) is 1.46. The van der Waals surface area contributed by atoms with Gasteiger partial charge >= 0.3 is 5.69 Å². The number of furan rings is 1. The van der Waals surface area contributed by atoms with Crippen LogP contribution in [-0.4, -0.2) is 44.1 Å². The van der Waals surface area contributed by atoms with Gasteiger partial charge in [0, 0.05) is 7.05 Å². The number of hydrogen-bond donors (Lipinski definition) is 0. The molecule has 5 aromatic heterocycles. The van der Waals surface area contributed by atoms with Crippen LogP contribution in [0.4, 0.5) is 5.69 Å². The van der Waals surface area contributed by atoms with Gasteiger partial charge in [-0.1, -0.05) is 0 Å². The molecule has 5 aromatic rings. The maximum atomic E-state index is 10.7. The Labute approximate surface area is 149 Å². The van der Waals surface area contributed by atoms with Gasteiger partial charge in [0.1, 0.15) is 24.5 Å². The van der Waals surface area contributed by atoms with E-state index in [4.69, 9.17) is 4.42 Å². The summed E-state index contributed by atoms with van der Waals surface area (Å²) >= 11 is 0. The van der Waals surface area contributed by atoms with Crippen LogP contribution in [0.15, 0.2) is 41.5 Å². The Morgan fingerprint density at radius 3 is 2.93 bits per heavy atom. The minimum absolute atomic E-state index is 0.0724. The third kappa shape index (κ3) is 2.42. The molecule has 12 heteroatoms. The molecule has 0 aliphatic carbocycles. The molecule has 0 unspecified atom stereocenters. The van der Waals surface area contributed by atoms with Gasteiger partial charge in [-0.2, -0.15) is 10.2 Å². The summed E-state index contributed by atoms with van der Waals surface area (Å²) in [4.78, 5) is 19.1. The monoisotopic (exact) mass is 365 g/mol. The second-order valence-corrected chi connectivity index (χ2v) is 5.87. The van der Waals surface area contributed by atoms with Crippen LogP contribution in [-0.2, 0) is 13.6 Å². The second-order valence-electron chi connectivity index (χ2n) is 5.87. The van der Waals surface area contributed by atoms with Crippen molar-refractivity contribution in [2.24, 2.45) is 7.05 Å². The summed E-state index contributed by atoms with van der Waals surface area (Å²) in [5, 5.41) is 24.0. The van der Waals surface area contributed by atoms with Crippen LogP contribution in [0.1, 0.15) is 5.76 Å². The van der Waals surface area contributed by atoms with Gasteiger partial charge in [0.15, 0.2) is 17.1 Å². The molecular formula is C15H11N9O3. The number of hydrogen-bond acceptors (Lipinski definition) is 8. The lowest BCUT2D eigenvalue weighted by molar-refractivity contribution is -0.385. The summed E-state index contributed by atoms with van der Waals surface area (Å²) in [7, 11) is 1.81. The normalized spacial score (nSPS) is 11.6. The van der Waals surface area contributed by atoms with Crippen LogP contribution in [0.5, 0.6) is 0 Å². The molecule has 0 fully saturated rings. The van der Waals surface area contributed by atoms with Crippen LogP contribution in [0.25, 0.3) is 28.3 Å². The fourth-order valence-electron chi connectivity index (χ4n) is 2.82. The maximum absolute atomic E-state index is 10.7. The van der Waals surface area contributed by atoms with Crippen LogP contribution < -0.4 is 0 Å². The van der Waals surface area contributed by atoms with Crippen molar-refractivity contribution >= 4 is 22.4 Å². The van der Waals surface area contributed by atoms with Crippen LogP contribution in [0.2, 0.25) is 0 Å². The van der Waals surface area contributed by atoms with Crippen molar-refractivity contribution in [3.63, 3.8) is 0 Å². The molecule has 0 radical (unpaired) electrons. The molecule has 0 saturated heterocycles. The van der Waals surface area contributed by atoms with Crippen molar-refractivity contribution in [2.75, 3.05) is 0 Å². The molecule has 134 valence electrons. The fourth-order valence-corrected chi connectivity index (χ4v) is 2.82. The van der Waals surface area contributed by atoms with Gasteiger partial charge in [0.2, 0.25) is 5.82 Å². The van der Waals surface area contributed by atoms with Gasteiger partial charge in [-0.3, -0.25) is 19.5 Å². The Kier molecular flexibility index (Phi) is 3.07. The van der Waals surface area contributed by atoms with Gasteiger partial charge in [0.25, 0.3) is 0 Å². The molecule has 0 amide bonds. The number of aryl methyl sites for hydroxylation is 1. The van der Waals surface area contributed by atoms with E-state index in [2.05, 4.69) is 25.3 Å². The first-order valence-electron chi connectivity index (χ1n) is 7.87. The van der Waals surface area contributed by atoms with E-state index >= 15 is 0 Å². The Morgan fingerprint density at radius 1 is 1.22 bits per heavy atom. The predicted molar refractivity (Wildman–Crippen MR) is 90.7 cm³/mol. The van der Waals surface area contributed by atoms with E-state index in [-0.39, 0.29) is 12.2 Å². The van der Waals surface area contributed by atoms with E-state index in [0.717, 1.165) is 5.39 Å². The molecule has 5 heterocycles. The highest BCUT2D eigenvalue weighted by Crippen LogP contribution is 2.23. The van der Waals surface area contributed by atoms with Crippen molar-refractivity contribution in [2.45, 2.75) is 6.54 Å². The standard InChI is InChI=1S/C15H11N9O3/c1-21-14-11(5-17-21)15-19-13(20-23(15)8-16-14)12-3-2-10(27-12)7-22-6-9(4-18-22)24(25)26/h2-6,8H,7H2,1H3. The van der Waals surface area contributed by atoms with Crippen LogP contribution in [0, 0.1) is 10.1 Å². The molecule has 0 atom stereocenters. The minimum atomic E-state index is -0.495. The highest BCUT2D eigenvalue weighted by Gasteiger charge is 2.16. The first-order chi connectivity index (χ1) is 13.1. The predicted octanol–water partition coefficient (Wildman–Crippen LogP) is 1.42. The van der Waals surface area contributed by atoms with Crippen molar-refractivity contribution in [3.05, 3.63) is 52.9 Å². The van der Waals surface area contributed by atoms with E-state index in [1.165, 1.54) is 17.1 Å². The molecule has 12 nitrogen and oxygen atoms in total. The largest absolute Gasteiger partial charge is 0.456 e. The van der Waals surface area contributed by atoms with Crippen LogP contribution >= 0.6 is 0 Å². The van der Waals surface area contributed by atoms with Gasteiger partial charge < -0.3 is 4.42 Å². The molecule has 27 heavy (non-hydrogen) atoms. The first-order valence-corrected chi connectivity index (χ1v) is 7.87. The van der Waals surface area contributed by atoms with Crippen molar-refractivity contribution in [1.29, 1.82) is 0 Å². The Bertz CT molecular complexity index is 1310. The summed E-state index contributed by atoms with van der Waals surface area (Å²) in [6.45, 7) is 0.260. The molecule has 0 aliphatic heterocycles. The molecule has 0 spiro atoms. The Balaban J connectivity index is 1.48. The molecular weight excluding hydrogens is 354 g/mol. The molecule has 5 rings (SSSR count). The van der Waals surface area contributed by atoms with Gasteiger partial charge in [0.05, 0.1) is 23.1 Å². The number of rotatable bonds is 4. The summed E-state index contributed by atoms with van der Waals surface area (Å²) < 4.78 is 10.4. The Hall–Kier alpha value is -4.09. The highest BCUT2D eigenvalue weighted by atomic mass is 16.6. The highest BCUT2D eigenvalue weighted by molar-refractivity contribution is 5.88. The lowest BCUT2D eigenvalue weighted by Gasteiger charge is -1.96. The lowest BCUT2D eigenvalue weighted by Crippen LogP contribution is -1.98. The zero-order valence-electron chi connectivity index (χ0n) is 13.9. The molecule has 0 aromatic carbocycles. The minimum Gasteiger partial charge on any atom is -0.456 e. The molecule has 0 bridgehead atoms. The smallest absolute Gasteiger partial charge is 0.307 e. The quantitative estimate of drug-likeness (QED) is 0.345. The van der Waals surface area contributed by atoms with Crippen LogP contribution in [0.3, 0.4) is 0 Å². The number of fused-ring (bicyclic) bond motifs is 3. The van der Waals surface area contributed by atoms with Gasteiger partial charge in [-0.25, -0.2) is 14.5 Å². The number of aromatic nitrogens is 8. The molecule has 0 aliphatic rings. The van der Waals surface area contributed by atoms with Gasteiger partial charge in [-0.05, 0) is 12.1 Å². The average Bonchev–Trinajstić information content (AvgIpc) is 3.40. The van der Waals surface area contributed by atoms with E-state index in [0.29, 0.717) is 28.6 Å². The van der Waals surface area contributed by atoms with E-state index in [1.807, 2.05) is 7.05 Å². The van der Waals surface area contributed by atoms with Crippen molar-refractivity contribution in [1.82, 2.24) is 39.1 Å². The second kappa shape index (κ2) is 5.45. The first kappa shape index (κ1) is 15.2.